The van der Waals surface area contributed by atoms with Crippen LogP contribution < -0.4 is 5.56 Å². The van der Waals surface area contributed by atoms with Gasteiger partial charge in [-0.3, -0.25) is 14.7 Å². The summed E-state index contributed by atoms with van der Waals surface area (Å²) in [5.41, 5.74) is -0.272. The second-order valence-electron chi connectivity index (χ2n) is 7.12. The largest absolute Gasteiger partial charge is 0.338 e. The molecule has 0 aromatic carbocycles. The summed E-state index contributed by atoms with van der Waals surface area (Å²) in [5.74, 6) is 0.551. The Morgan fingerprint density at radius 3 is 2.84 bits per heavy atom. The summed E-state index contributed by atoms with van der Waals surface area (Å²) >= 11 is 0. The van der Waals surface area contributed by atoms with Gasteiger partial charge >= 0.3 is 0 Å². The average molecular weight is 344 g/mol. The molecule has 2 aromatic heterocycles. The second-order valence-corrected chi connectivity index (χ2v) is 7.12. The maximum Gasteiger partial charge on any atom is 0.286 e. The molecule has 1 atom stereocenters. The summed E-state index contributed by atoms with van der Waals surface area (Å²) in [4.78, 5) is 37.7. The highest BCUT2D eigenvalue weighted by molar-refractivity contribution is 5.93. The van der Waals surface area contributed by atoms with E-state index in [1.54, 1.807) is 0 Å². The Morgan fingerprint density at radius 1 is 1.16 bits per heavy atom. The van der Waals surface area contributed by atoms with Gasteiger partial charge in [0.15, 0.2) is 0 Å². The summed E-state index contributed by atoms with van der Waals surface area (Å²) < 4.78 is 1.21. The van der Waals surface area contributed by atoms with Crippen LogP contribution in [0.15, 0.2) is 17.3 Å². The van der Waals surface area contributed by atoms with Crippen molar-refractivity contribution in [2.24, 2.45) is 5.92 Å². The maximum absolute atomic E-state index is 12.8. The molecule has 4 heterocycles. The van der Waals surface area contributed by atoms with E-state index in [4.69, 9.17) is 0 Å². The van der Waals surface area contributed by atoms with Crippen LogP contribution >= 0.6 is 0 Å². The molecule has 2 saturated heterocycles. The fourth-order valence-electron chi connectivity index (χ4n) is 4.02. The molecule has 8 heteroatoms. The molecule has 2 aliphatic heterocycles. The first-order valence-corrected chi connectivity index (χ1v) is 9.15. The summed E-state index contributed by atoms with van der Waals surface area (Å²) in [6, 6.07) is 0. The first-order valence-electron chi connectivity index (χ1n) is 9.15. The minimum atomic E-state index is -0.384. The van der Waals surface area contributed by atoms with E-state index < -0.39 is 0 Å². The molecule has 0 unspecified atom stereocenters. The molecule has 0 spiro atoms. The van der Waals surface area contributed by atoms with Crippen LogP contribution in [0.5, 0.6) is 0 Å². The van der Waals surface area contributed by atoms with E-state index in [0.717, 1.165) is 25.9 Å². The highest BCUT2D eigenvalue weighted by Crippen LogP contribution is 2.20. The van der Waals surface area contributed by atoms with Gasteiger partial charge in [0.25, 0.3) is 17.2 Å². The highest BCUT2D eigenvalue weighted by atomic mass is 16.2. The lowest BCUT2D eigenvalue weighted by molar-refractivity contribution is 0.0628. The number of nitrogens with one attached hydrogen (secondary N) is 1. The quantitative estimate of drug-likeness (QED) is 0.888. The number of amides is 1. The summed E-state index contributed by atoms with van der Waals surface area (Å²) in [7, 11) is 0. The molecular formula is C17H24N6O2. The average Bonchev–Trinajstić information content (AvgIpc) is 3.12. The van der Waals surface area contributed by atoms with Gasteiger partial charge in [-0.1, -0.05) is 6.42 Å². The predicted octanol–water partition coefficient (Wildman–Crippen LogP) is 0.756. The molecule has 25 heavy (non-hydrogen) atoms. The van der Waals surface area contributed by atoms with Gasteiger partial charge in [-0.05, 0) is 44.7 Å². The number of hydrogen-bond acceptors (Lipinski definition) is 5. The van der Waals surface area contributed by atoms with Crippen molar-refractivity contribution in [3.63, 3.8) is 0 Å². The lowest BCUT2D eigenvalue weighted by Crippen LogP contribution is -2.46. The van der Waals surface area contributed by atoms with Crippen molar-refractivity contribution in [1.29, 1.82) is 0 Å². The molecule has 8 nitrogen and oxygen atoms in total. The SMILES string of the molecule is O=C(c1cnc2nc[nH]n2c1=O)N1CCC[C@@H](CN2CCCCC2)C1. The van der Waals surface area contributed by atoms with E-state index in [-0.39, 0.29) is 22.8 Å². The van der Waals surface area contributed by atoms with Crippen LogP contribution in [0.2, 0.25) is 0 Å². The third-order valence-corrected chi connectivity index (χ3v) is 5.31. The van der Waals surface area contributed by atoms with Gasteiger partial charge in [0.1, 0.15) is 11.9 Å². The number of rotatable bonds is 3. The van der Waals surface area contributed by atoms with Crippen molar-refractivity contribution in [3.8, 4) is 0 Å². The van der Waals surface area contributed by atoms with Gasteiger partial charge in [0.2, 0.25) is 0 Å². The van der Waals surface area contributed by atoms with Gasteiger partial charge in [-0.2, -0.15) is 4.52 Å². The minimum Gasteiger partial charge on any atom is -0.338 e. The third-order valence-electron chi connectivity index (χ3n) is 5.31. The smallest absolute Gasteiger partial charge is 0.286 e. The standard InChI is InChI=1S/C17H24N6O2/c24-15(14-9-18-17-19-12-20-23(17)16(14)25)22-8-4-5-13(11-22)10-21-6-2-1-3-7-21/h9,12-13H,1-8,10-11H2,(H,18,19,20)/t13-/m0/s1. The number of likely N-dealkylation sites (tertiary alicyclic amines) is 2. The van der Waals surface area contributed by atoms with Crippen LogP contribution in [0.3, 0.4) is 0 Å². The van der Waals surface area contributed by atoms with Gasteiger partial charge in [-0.15, -0.1) is 0 Å². The maximum atomic E-state index is 12.8. The number of aromatic amines is 1. The van der Waals surface area contributed by atoms with Crippen LogP contribution in [0.4, 0.5) is 0 Å². The number of nitrogens with zero attached hydrogens (tertiary/aromatic N) is 5. The Bertz CT molecular complexity index is 807. The predicted molar refractivity (Wildman–Crippen MR) is 92.5 cm³/mol. The van der Waals surface area contributed by atoms with E-state index in [9.17, 15) is 9.59 Å². The molecular weight excluding hydrogens is 320 g/mol. The van der Waals surface area contributed by atoms with Crippen LogP contribution in [-0.4, -0.2) is 68.0 Å². The zero-order chi connectivity index (χ0) is 17.2. The molecule has 4 rings (SSSR count). The van der Waals surface area contributed by atoms with E-state index >= 15 is 0 Å². The lowest BCUT2D eigenvalue weighted by Gasteiger charge is -2.36. The number of carbonyl (C=O) groups excluding carboxylic acids is 1. The van der Waals surface area contributed by atoms with E-state index in [0.29, 0.717) is 12.5 Å². The molecule has 0 bridgehead atoms. The number of carbonyl (C=O) groups is 1. The van der Waals surface area contributed by atoms with E-state index in [1.807, 2.05) is 4.90 Å². The Kier molecular flexibility index (Phi) is 4.52. The monoisotopic (exact) mass is 344 g/mol. The van der Waals surface area contributed by atoms with Crippen LogP contribution in [0.25, 0.3) is 5.78 Å². The molecule has 0 saturated carbocycles. The molecule has 2 aromatic rings. The minimum absolute atomic E-state index is 0.111. The fourth-order valence-corrected chi connectivity index (χ4v) is 4.02. The number of H-pyrrole nitrogens is 1. The Balaban J connectivity index is 1.47. The van der Waals surface area contributed by atoms with Gasteiger partial charge in [-0.25, -0.2) is 9.97 Å². The van der Waals surface area contributed by atoms with Crippen LogP contribution in [0, 0.1) is 5.92 Å². The Morgan fingerprint density at radius 2 is 2.00 bits per heavy atom. The second kappa shape index (κ2) is 6.95. The third kappa shape index (κ3) is 3.30. The molecule has 2 aliphatic rings. The molecule has 1 amide bonds. The molecule has 134 valence electrons. The van der Waals surface area contributed by atoms with Gasteiger partial charge in [0.05, 0.1) is 0 Å². The van der Waals surface area contributed by atoms with Crippen molar-refractivity contribution in [2.75, 3.05) is 32.7 Å². The summed E-state index contributed by atoms with van der Waals surface area (Å²) in [5, 5.41) is 2.70. The molecule has 0 radical (unpaired) electrons. The Labute approximate surface area is 145 Å². The topological polar surface area (TPSA) is 86.6 Å². The lowest BCUT2D eigenvalue weighted by atomic mass is 9.96. The molecule has 0 aliphatic carbocycles. The molecule has 2 fully saturated rings. The van der Waals surface area contributed by atoms with Gasteiger partial charge in [0, 0.05) is 25.8 Å². The summed E-state index contributed by atoms with van der Waals surface area (Å²) in [6.07, 6.45) is 8.79. The number of aromatic nitrogens is 4. The zero-order valence-electron chi connectivity index (χ0n) is 14.4. The first-order chi connectivity index (χ1) is 12.2. The number of piperidine rings is 2. The highest BCUT2D eigenvalue weighted by Gasteiger charge is 2.28. The summed E-state index contributed by atoms with van der Waals surface area (Å²) in [6.45, 7) is 4.83. The number of fused-ring (bicyclic) bond motifs is 1. The van der Waals surface area contributed by atoms with Crippen molar-refractivity contribution in [1.82, 2.24) is 29.4 Å². The van der Waals surface area contributed by atoms with Crippen molar-refractivity contribution < 1.29 is 4.79 Å². The van der Waals surface area contributed by atoms with Crippen molar-refractivity contribution >= 4 is 11.7 Å². The van der Waals surface area contributed by atoms with Gasteiger partial charge < -0.3 is 9.80 Å². The van der Waals surface area contributed by atoms with Crippen LogP contribution in [0.1, 0.15) is 42.5 Å². The first kappa shape index (κ1) is 16.3. The van der Waals surface area contributed by atoms with E-state index in [1.165, 1.54) is 49.4 Å². The van der Waals surface area contributed by atoms with Crippen molar-refractivity contribution in [2.45, 2.75) is 32.1 Å². The van der Waals surface area contributed by atoms with E-state index in [2.05, 4.69) is 20.0 Å². The fraction of sp³-hybridized carbons (Fsp3) is 0.647. The normalized spacial score (nSPS) is 22.4. The van der Waals surface area contributed by atoms with Crippen LogP contribution in [-0.2, 0) is 0 Å². The molecule has 1 N–H and O–H groups in total. The van der Waals surface area contributed by atoms with Crippen molar-refractivity contribution in [3.05, 3.63) is 28.4 Å². The number of hydrogen-bond donors (Lipinski definition) is 1. The zero-order valence-corrected chi connectivity index (χ0v) is 14.4. The Hall–Kier alpha value is -2.22.